The molecular formula is C27H32N4O5S. The smallest absolute Gasteiger partial charge is 0.407 e. The summed E-state index contributed by atoms with van der Waals surface area (Å²) in [5.41, 5.74) is 3.34. The Morgan fingerprint density at radius 2 is 1.73 bits per heavy atom. The summed E-state index contributed by atoms with van der Waals surface area (Å²) in [7, 11) is 0. The average molecular weight is 525 g/mol. The minimum absolute atomic E-state index is 0.187. The van der Waals surface area contributed by atoms with Crippen LogP contribution in [0, 0.1) is 13.8 Å². The Morgan fingerprint density at radius 1 is 1.05 bits per heavy atom. The summed E-state index contributed by atoms with van der Waals surface area (Å²) in [5, 5.41) is 12.0. The number of rotatable bonds is 9. The van der Waals surface area contributed by atoms with E-state index in [2.05, 4.69) is 15.0 Å². The molecule has 10 heteroatoms. The molecule has 196 valence electrons. The van der Waals surface area contributed by atoms with Crippen LogP contribution in [0.4, 0.5) is 10.7 Å². The molecule has 9 nitrogen and oxygen atoms in total. The van der Waals surface area contributed by atoms with E-state index in [1.54, 1.807) is 45.0 Å². The lowest BCUT2D eigenvalue weighted by Gasteiger charge is -2.21. The summed E-state index contributed by atoms with van der Waals surface area (Å²) < 4.78 is 14.4. The third-order valence-corrected chi connectivity index (χ3v) is 5.81. The zero-order valence-corrected chi connectivity index (χ0v) is 22.6. The molecule has 0 unspecified atom stereocenters. The molecule has 3 aromatic rings. The standard InChI is InChI=1S/C27H32N4O5S/c1-16-9-7-10-17(2)23(16)21-14-22(35-18(3)15-28-26(34)36-27(4,5)6)30-25(29-21)31-37-20-12-8-11-19(13-20)24(32)33/h7-14,18H,15H2,1-6H3,(H,28,34)(H,32,33)(H,29,30,31)/t18-/m0/s1. The fraction of sp³-hybridized carbons (Fsp3) is 0.333. The summed E-state index contributed by atoms with van der Waals surface area (Å²) in [4.78, 5) is 33.2. The van der Waals surface area contributed by atoms with Crippen molar-refractivity contribution in [3.05, 3.63) is 65.2 Å². The van der Waals surface area contributed by atoms with Crippen molar-refractivity contribution < 1.29 is 24.2 Å². The van der Waals surface area contributed by atoms with Crippen LogP contribution in [0.25, 0.3) is 11.3 Å². The van der Waals surface area contributed by atoms with Crippen molar-refractivity contribution in [2.24, 2.45) is 0 Å². The zero-order chi connectivity index (χ0) is 27.2. The van der Waals surface area contributed by atoms with E-state index in [0.29, 0.717) is 22.4 Å². The van der Waals surface area contributed by atoms with Gasteiger partial charge in [0.05, 0.1) is 17.8 Å². The van der Waals surface area contributed by atoms with Crippen LogP contribution in [0.15, 0.2) is 53.4 Å². The molecule has 1 heterocycles. The van der Waals surface area contributed by atoms with E-state index in [9.17, 15) is 14.7 Å². The number of carbonyl (C=O) groups excluding carboxylic acids is 1. The number of ether oxygens (including phenoxy) is 2. The van der Waals surface area contributed by atoms with E-state index in [0.717, 1.165) is 16.7 Å². The Hall–Kier alpha value is -3.79. The Balaban J connectivity index is 1.83. The van der Waals surface area contributed by atoms with E-state index < -0.39 is 23.8 Å². The molecule has 1 amide bonds. The maximum Gasteiger partial charge on any atom is 0.407 e. The molecule has 0 radical (unpaired) electrons. The van der Waals surface area contributed by atoms with Gasteiger partial charge in [-0.05, 0) is 82.8 Å². The third kappa shape index (κ3) is 8.38. The first-order chi connectivity index (χ1) is 17.4. The molecule has 2 aromatic carbocycles. The molecule has 0 saturated heterocycles. The number of amides is 1. The Morgan fingerprint density at radius 3 is 2.38 bits per heavy atom. The van der Waals surface area contributed by atoms with Crippen LogP contribution in [0.1, 0.15) is 49.2 Å². The molecule has 0 spiro atoms. The molecule has 0 bridgehead atoms. The monoisotopic (exact) mass is 524 g/mol. The van der Waals surface area contributed by atoms with Crippen molar-refractivity contribution in [2.45, 2.75) is 58.1 Å². The fourth-order valence-electron chi connectivity index (χ4n) is 3.46. The van der Waals surface area contributed by atoms with Gasteiger partial charge in [0.25, 0.3) is 0 Å². The van der Waals surface area contributed by atoms with Crippen molar-refractivity contribution in [3.63, 3.8) is 0 Å². The topological polar surface area (TPSA) is 123 Å². The average Bonchev–Trinajstić information content (AvgIpc) is 2.80. The number of aromatic nitrogens is 2. The van der Waals surface area contributed by atoms with E-state index in [-0.39, 0.29) is 12.1 Å². The first kappa shape index (κ1) is 27.8. The van der Waals surface area contributed by atoms with E-state index in [1.807, 2.05) is 39.0 Å². The van der Waals surface area contributed by atoms with Gasteiger partial charge in [0, 0.05) is 16.5 Å². The predicted molar refractivity (Wildman–Crippen MR) is 144 cm³/mol. The maximum absolute atomic E-state index is 12.0. The molecule has 3 N–H and O–H groups in total. The highest BCUT2D eigenvalue weighted by Gasteiger charge is 2.18. The van der Waals surface area contributed by atoms with Gasteiger partial charge in [-0.3, -0.25) is 4.72 Å². The predicted octanol–water partition coefficient (Wildman–Crippen LogP) is 5.87. The van der Waals surface area contributed by atoms with Gasteiger partial charge in [-0.15, -0.1) is 0 Å². The van der Waals surface area contributed by atoms with Crippen LogP contribution >= 0.6 is 11.9 Å². The van der Waals surface area contributed by atoms with Crippen LogP contribution in [-0.4, -0.2) is 45.4 Å². The number of hydrogen-bond donors (Lipinski definition) is 3. The van der Waals surface area contributed by atoms with Gasteiger partial charge in [0.1, 0.15) is 11.7 Å². The second-order valence-corrected chi connectivity index (χ2v) is 10.4. The number of nitrogens with zero attached hydrogens (tertiary/aromatic N) is 2. The highest BCUT2D eigenvalue weighted by Crippen LogP contribution is 2.30. The van der Waals surface area contributed by atoms with Crippen LogP contribution in [0.2, 0.25) is 0 Å². The van der Waals surface area contributed by atoms with Crippen molar-refractivity contribution in [3.8, 4) is 17.1 Å². The SMILES string of the molecule is Cc1cccc(C)c1-c1cc(O[C@@H](C)CNC(=O)OC(C)(C)C)nc(NSc2cccc(C(=O)O)c2)n1. The van der Waals surface area contributed by atoms with Crippen LogP contribution in [0.3, 0.4) is 0 Å². The van der Waals surface area contributed by atoms with Crippen LogP contribution in [-0.2, 0) is 4.74 Å². The number of nitrogens with one attached hydrogen (secondary N) is 2. The van der Waals surface area contributed by atoms with Crippen molar-refractivity contribution in [1.82, 2.24) is 15.3 Å². The Bertz CT molecular complexity index is 1260. The normalized spacial score (nSPS) is 11.9. The van der Waals surface area contributed by atoms with E-state index >= 15 is 0 Å². The molecule has 1 atom stereocenters. The highest BCUT2D eigenvalue weighted by atomic mass is 32.2. The Labute approximate surface area is 221 Å². The van der Waals surface area contributed by atoms with Gasteiger partial charge in [0.15, 0.2) is 0 Å². The molecule has 0 saturated carbocycles. The molecular weight excluding hydrogens is 492 g/mol. The highest BCUT2D eigenvalue weighted by molar-refractivity contribution is 8.00. The maximum atomic E-state index is 12.0. The number of carboxylic acid groups (broad SMARTS) is 1. The molecule has 37 heavy (non-hydrogen) atoms. The van der Waals surface area contributed by atoms with Gasteiger partial charge in [0.2, 0.25) is 11.8 Å². The van der Waals surface area contributed by atoms with Gasteiger partial charge < -0.3 is 19.9 Å². The number of anilines is 1. The minimum Gasteiger partial charge on any atom is -0.478 e. The minimum atomic E-state index is -1.000. The summed E-state index contributed by atoms with van der Waals surface area (Å²) in [6.45, 7) is 11.5. The quantitative estimate of drug-likeness (QED) is 0.295. The van der Waals surface area contributed by atoms with Gasteiger partial charge >= 0.3 is 12.1 Å². The number of aryl methyl sites for hydroxylation is 2. The number of carbonyl (C=O) groups is 2. The number of alkyl carbamates (subject to hydrolysis) is 1. The van der Waals surface area contributed by atoms with Crippen molar-refractivity contribution in [2.75, 3.05) is 11.3 Å². The second kappa shape index (κ2) is 12.0. The number of hydrogen-bond acceptors (Lipinski definition) is 8. The fourth-order valence-corrected chi connectivity index (χ4v) is 4.10. The molecule has 3 rings (SSSR count). The van der Waals surface area contributed by atoms with E-state index in [1.165, 1.54) is 18.0 Å². The van der Waals surface area contributed by atoms with Gasteiger partial charge in [-0.2, -0.15) is 4.98 Å². The summed E-state index contributed by atoms with van der Waals surface area (Å²) >= 11 is 1.20. The third-order valence-electron chi connectivity index (χ3n) is 5.04. The zero-order valence-electron chi connectivity index (χ0n) is 21.8. The Kier molecular flexibility index (Phi) is 8.99. The molecule has 0 aliphatic rings. The lowest BCUT2D eigenvalue weighted by Crippen LogP contribution is -2.37. The second-order valence-electron chi connectivity index (χ2n) is 9.53. The van der Waals surface area contributed by atoms with Gasteiger partial charge in [-0.25, -0.2) is 14.6 Å². The van der Waals surface area contributed by atoms with Crippen molar-refractivity contribution in [1.29, 1.82) is 0 Å². The first-order valence-corrected chi connectivity index (χ1v) is 12.6. The number of carboxylic acids is 1. The number of benzene rings is 2. The summed E-state index contributed by atoms with van der Waals surface area (Å²) in [6, 6.07) is 14.3. The van der Waals surface area contributed by atoms with Crippen LogP contribution in [0.5, 0.6) is 5.88 Å². The molecule has 0 aliphatic carbocycles. The summed E-state index contributed by atoms with van der Waals surface area (Å²) in [5.74, 6) is -0.373. The first-order valence-electron chi connectivity index (χ1n) is 11.8. The lowest BCUT2D eigenvalue weighted by molar-refractivity contribution is 0.0503. The number of aromatic carboxylic acids is 1. The molecule has 0 aliphatic heterocycles. The molecule has 0 fully saturated rings. The largest absolute Gasteiger partial charge is 0.478 e. The summed E-state index contributed by atoms with van der Waals surface area (Å²) in [6.07, 6.45) is -0.926. The van der Waals surface area contributed by atoms with E-state index in [4.69, 9.17) is 14.5 Å². The van der Waals surface area contributed by atoms with Gasteiger partial charge in [-0.1, -0.05) is 24.3 Å². The molecule has 1 aromatic heterocycles. The van der Waals surface area contributed by atoms with Crippen molar-refractivity contribution >= 4 is 30.0 Å². The van der Waals surface area contributed by atoms with Crippen LogP contribution < -0.4 is 14.8 Å². The lowest BCUT2D eigenvalue weighted by atomic mass is 10.00.